The Morgan fingerprint density at radius 1 is 1.15 bits per heavy atom. The Labute approximate surface area is 123 Å². The number of aryl methyl sites for hydroxylation is 1. The lowest BCUT2D eigenvalue weighted by Gasteiger charge is -2.12. The van der Waals surface area contributed by atoms with Gasteiger partial charge in [0.2, 0.25) is 0 Å². The summed E-state index contributed by atoms with van der Waals surface area (Å²) >= 11 is 0. The molecular formula is C18H28N2. The van der Waals surface area contributed by atoms with Crippen LogP contribution in [0.25, 0.3) is 10.9 Å². The van der Waals surface area contributed by atoms with Crippen LogP contribution < -0.4 is 5.32 Å². The number of benzene rings is 1. The van der Waals surface area contributed by atoms with E-state index in [1.54, 1.807) is 0 Å². The molecule has 0 atom stereocenters. The van der Waals surface area contributed by atoms with Gasteiger partial charge in [0, 0.05) is 19.3 Å². The molecule has 20 heavy (non-hydrogen) atoms. The SMILES string of the molecule is CCCCCn1ccc2cccc(CNCC(C)C)c21. The molecule has 1 aromatic heterocycles. The standard InChI is InChI=1S/C18H28N2/c1-4-5-6-11-20-12-10-16-8-7-9-17(18(16)20)14-19-13-15(2)3/h7-10,12,15,19H,4-6,11,13-14H2,1-3H3. The molecule has 0 aliphatic heterocycles. The maximum Gasteiger partial charge on any atom is 0.0525 e. The number of nitrogens with zero attached hydrogens (tertiary/aromatic N) is 1. The molecular weight excluding hydrogens is 244 g/mol. The number of hydrogen-bond donors (Lipinski definition) is 1. The summed E-state index contributed by atoms with van der Waals surface area (Å²) in [7, 11) is 0. The first-order valence-electron chi connectivity index (χ1n) is 7.99. The maximum absolute atomic E-state index is 3.56. The van der Waals surface area contributed by atoms with Gasteiger partial charge in [-0.05, 0) is 35.9 Å². The summed E-state index contributed by atoms with van der Waals surface area (Å²) in [6.45, 7) is 9.94. The fourth-order valence-corrected chi connectivity index (χ4v) is 2.70. The summed E-state index contributed by atoms with van der Waals surface area (Å²) in [5.74, 6) is 0.700. The number of nitrogens with one attached hydrogen (secondary N) is 1. The summed E-state index contributed by atoms with van der Waals surface area (Å²) in [4.78, 5) is 0. The summed E-state index contributed by atoms with van der Waals surface area (Å²) in [5, 5.41) is 4.93. The van der Waals surface area contributed by atoms with Crippen LogP contribution in [0.3, 0.4) is 0 Å². The maximum atomic E-state index is 3.56. The quantitative estimate of drug-likeness (QED) is 0.696. The third kappa shape index (κ3) is 3.86. The zero-order valence-electron chi connectivity index (χ0n) is 13.2. The van der Waals surface area contributed by atoms with Crippen LogP contribution in [0.2, 0.25) is 0 Å². The first-order valence-corrected chi connectivity index (χ1v) is 7.99. The van der Waals surface area contributed by atoms with Crippen molar-refractivity contribution in [3.8, 4) is 0 Å². The van der Waals surface area contributed by atoms with Crippen LogP contribution in [0.4, 0.5) is 0 Å². The van der Waals surface area contributed by atoms with Crippen molar-refractivity contribution in [2.24, 2.45) is 5.92 Å². The number of para-hydroxylation sites is 1. The average molecular weight is 272 g/mol. The van der Waals surface area contributed by atoms with Crippen LogP contribution in [0.5, 0.6) is 0 Å². The minimum Gasteiger partial charge on any atom is -0.347 e. The molecule has 0 spiro atoms. The third-order valence-corrected chi connectivity index (χ3v) is 3.74. The number of rotatable bonds is 8. The molecule has 2 heteroatoms. The van der Waals surface area contributed by atoms with Gasteiger partial charge in [0.05, 0.1) is 5.52 Å². The molecule has 1 aromatic carbocycles. The normalized spacial score (nSPS) is 11.6. The molecule has 0 radical (unpaired) electrons. The van der Waals surface area contributed by atoms with Gasteiger partial charge in [-0.25, -0.2) is 0 Å². The number of aromatic nitrogens is 1. The van der Waals surface area contributed by atoms with Crippen LogP contribution >= 0.6 is 0 Å². The molecule has 1 N–H and O–H groups in total. The zero-order chi connectivity index (χ0) is 14.4. The van der Waals surface area contributed by atoms with E-state index < -0.39 is 0 Å². The number of unbranched alkanes of at least 4 members (excludes halogenated alkanes) is 2. The Hall–Kier alpha value is -1.28. The summed E-state index contributed by atoms with van der Waals surface area (Å²) in [6.07, 6.45) is 6.11. The smallest absolute Gasteiger partial charge is 0.0525 e. The summed E-state index contributed by atoms with van der Waals surface area (Å²) < 4.78 is 2.43. The fourth-order valence-electron chi connectivity index (χ4n) is 2.70. The largest absolute Gasteiger partial charge is 0.347 e. The van der Waals surface area contributed by atoms with Crippen molar-refractivity contribution >= 4 is 10.9 Å². The van der Waals surface area contributed by atoms with Gasteiger partial charge >= 0.3 is 0 Å². The fraction of sp³-hybridized carbons (Fsp3) is 0.556. The van der Waals surface area contributed by atoms with E-state index in [2.05, 4.69) is 61.1 Å². The molecule has 0 aliphatic carbocycles. The van der Waals surface area contributed by atoms with E-state index in [0.717, 1.165) is 19.6 Å². The predicted molar refractivity (Wildman–Crippen MR) is 88.0 cm³/mol. The van der Waals surface area contributed by atoms with E-state index in [4.69, 9.17) is 0 Å². The first-order chi connectivity index (χ1) is 9.72. The Bertz CT molecular complexity index is 525. The summed E-state index contributed by atoms with van der Waals surface area (Å²) in [5.41, 5.74) is 2.84. The predicted octanol–water partition coefficient (Wildman–Crippen LogP) is 4.58. The highest BCUT2D eigenvalue weighted by Gasteiger charge is 2.06. The zero-order valence-corrected chi connectivity index (χ0v) is 13.2. The molecule has 0 aliphatic rings. The molecule has 1 heterocycles. The van der Waals surface area contributed by atoms with Gasteiger partial charge < -0.3 is 9.88 Å². The van der Waals surface area contributed by atoms with Crippen LogP contribution in [-0.2, 0) is 13.1 Å². The minimum atomic E-state index is 0.700. The highest BCUT2D eigenvalue weighted by Crippen LogP contribution is 2.21. The first kappa shape index (κ1) is 15.1. The molecule has 2 rings (SSSR count). The van der Waals surface area contributed by atoms with Crippen molar-refractivity contribution in [1.29, 1.82) is 0 Å². The lowest BCUT2D eigenvalue weighted by molar-refractivity contribution is 0.552. The molecule has 0 saturated carbocycles. The van der Waals surface area contributed by atoms with Gasteiger partial charge in [0.25, 0.3) is 0 Å². The van der Waals surface area contributed by atoms with Crippen molar-refractivity contribution < 1.29 is 0 Å². The lowest BCUT2D eigenvalue weighted by Crippen LogP contribution is -2.19. The third-order valence-electron chi connectivity index (χ3n) is 3.74. The van der Waals surface area contributed by atoms with Crippen molar-refractivity contribution in [3.05, 3.63) is 36.0 Å². The van der Waals surface area contributed by atoms with E-state index in [1.165, 1.54) is 35.7 Å². The molecule has 0 saturated heterocycles. The van der Waals surface area contributed by atoms with Gasteiger partial charge in [-0.3, -0.25) is 0 Å². The molecule has 0 amide bonds. The monoisotopic (exact) mass is 272 g/mol. The van der Waals surface area contributed by atoms with Crippen LogP contribution in [-0.4, -0.2) is 11.1 Å². The van der Waals surface area contributed by atoms with E-state index in [-0.39, 0.29) is 0 Å². The van der Waals surface area contributed by atoms with Crippen LogP contribution in [0.1, 0.15) is 45.6 Å². The van der Waals surface area contributed by atoms with Crippen molar-refractivity contribution in [3.63, 3.8) is 0 Å². The Morgan fingerprint density at radius 2 is 2.00 bits per heavy atom. The summed E-state index contributed by atoms with van der Waals surface area (Å²) in [6, 6.07) is 8.89. The Balaban J connectivity index is 2.13. The number of hydrogen-bond acceptors (Lipinski definition) is 1. The Morgan fingerprint density at radius 3 is 2.75 bits per heavy atom. The highest BCUT2D eigenvalue weighted by atomic mass is 15.0. The van der Waals surface area contributed by atoms with E-state index in [0.29, 0.717) is 5.92 Å². The molecule has 0 bridgehead atoms. The highest BCUT2D eigenvalue weighted by molar-refractivity contribution is 5.83. The molecule has 0 unspecified atom stereocenters. The number of fused-ring (bicyclic) bond motifs is 1. The van der Waals surface area contributed by atoms with Crippen molar-refractivity contribution in [2.45, 2.75) is 53.1 Å². The average Bonchev–Trinajstić information content (AvgIpc) is 2.83. The van der Waals surface area contributed by atoms with E-state index in [1.807, 2.05) is 0 Å². The van der Waals surface area contributed by atoms with Gasteiger partial charge in [0.1, 0.15) is 0 Å². The van der Waals surface area contributed by atoms with Gasteiger partial charge in [-0.15, -0.1) is 0 Å². The molecule has 110 valence electrons. The van der Waals surface area contributed by atoms with Gasteiger partial charge in [-0.1, -0.05) is 51.8 Å². The molecule has 0 fully saturated rings. The topological polar surface area (TPSA) is 17.0 Å². The Kier molecular flexibility index (Phi) is 5.66. The second-order valence-electron chi connectivity index (χ2n) is 6.10. The lowest BCUT2D eigenvalue weighted by atomic mass is 10.1. The van der Waals surface area contributed by atoms with Crippen molar-refractivity contribution in [2.75, 3.05) is 6.54 Å². The van der Waals surface area contributed by atoms with Crippen LogP contribution in [0.15, 0.2) is 30.5 Å². The van der Waals surface area contributed by atoms with E-state index in [9.17, 15) is 0 Å². The molecule has 2 nitrogen and oxygen atoms in total. The van der Waals surface area contributed by atoms with Gasteiger partial charge in [-0.2, -0.15) is 0 Å². The second-order valence-corrected chi connectivity index (χ2v) is 6.10. The van der Waals surface area contributed by atoms with Crippen LogP contribution in [0, 0.1) is 5.92 Å². The molecule has 2 aromatic rings. The second kappa shape index (κ2) is 7.49. The van der Waals surface area contributed by atoms with Crippen molar-refractivity contribution in [1.82, 2.24) is 9.88 Å². The minimum absolute atomic E-state index is 0.700. The van der Waals surface area contributed by atoms with Gasteiger partial charge in [0.15, 0.2) is 0 Å². The van der Waals surface area contributed by atoms with E-state index >= 15 is 0 Å².